The molecule has 1 amide bonds. The minimum atomic E-state index is -0.202. The Kier molecular flexibility index (Phi) is 5.15. The number of carbonyl (C=O) groups is 1. The summed E-state index contributed by atoms with van der Waals surface area (Å²) in [7, 11) is 1.60. The predicted molar refractivity (Wildman–Crippen MR) is 91.2 cm³/mol. The van der Waals surface area contributed by atoms with Crippen LogP contribution in [-0.2, 0) is 10.2 Å². The zero-order valence-electron chi connectivity index (χ0n) is 13.7. The van der Waals surface area contributed by atoms with Gasteiger partial charge in [0.05, 0.1) is 12.9 Å². The monoisotopic (exact) mass is 335 g/mol. The Labute approximate surface area is 139 Å². The molecule has 0 saturated heterocycles. The van der Waals surface area contributed by atoms with Crippen LogP contribution in [0.15, 0.2) is 29.4 Å². The first-order chi connectivity index (χ1) is 10.8. The molecule has 0 fully saturated rings. The van der Waals surface area contributed by atoms with Crippen molar-refractivity contribution in [1.82, 2.24) is 14.9 Å². The number of carbonyl (C=O) groups excluding carboxylic acids is 1. The average Bonchev–Trinajstić information content (AvgIpc) is 2.87. The van der Waals surface area contributed by atoms with Crippen molar-refractivity contribution in [3.8, 4) is 5.75 Å². The molecule has 23 heavy (non-hydrogen) atoms. The van der Waals surface area contributed by atoms with Gasteiger partial charge in [-0.1, -0.05) is 32.5 Å². The third-order valence-corrected chi connectivity index (χ3v) is 3.98. The normalized spacial score (nSPS) is 11.3. The van der Waals surface area contributed by atoms with Crippen LogP contribution in [0.25, 0.3) is 0 Å². The van der Waals surface area contributed by atoms with Crippen LogP contribution in [0.2, 0.25) is 0 Å². The first kappa shape index (κ1) is 17.1. The van der Waals surface area contributed by atoms with Crippen molar-refractivity contribution >= 4 is 23.4 Å². The van der Waals surface area contributed by atoms with Crippen LogP contribution in [0.5, 0.6) is 5.75 Å². The maximum atomic E-state index is 12.0. The number of thioether (sulfide) groups is 1. The van der Waals surface area contributed by atoms with Gasteiger partial charge in [-0.05, 0) is 24.3 Å². The molecule has 0 aliphatic carbocycles. The summed E-state index contributed by atoms with van der Waals surface area (Å²) >= 11 is 1.25. The van der Waals surface area contributed by atoms with E-state index in [1.165, 1.54) is 16.4 Å². The predicted octanol–water partition coefficient (Wildman–Crippen LogP) is 2.03. The van der Waals surface area contributed by atoms with Gasteiger partial charge in [0.25, 0.3) is 0 Å². The fraction of sp³-hybridized carbons (Fsp3) is 0.400. The summed E-state index contributed by atoms with van der Waals surface area (Å²) in [5, 5.41) is 11.4. The van der Waals surface area contributed by atoms with Crippen molar-refractivity contribution < 1.29 is 9.53 Å². The number of nitrogens with two attached hydrogens (primary N) is 1. The van der Waals surface area contributed by atoms with Crippen LogP contribution in [0.1, 0.15) is 26.6 Å². The van der Waals surface area contributed by atoms with Crippen molar-refractivity contribution in [2.45, 2.75) is 31.3 Å². The van der Waals surface area contributed by atoms with Gasteiger partial charge in [-0.2, -0.15) is 0 Å². The van der Waals surface area contributed by atoms with Crippen molar-refractivity contribution in [2.24, 2.45) is 0 Å². The van der Waals surface area contributed by atoms with E-state index in [2.05, 4.69) is 15.5 Å². The number of methoxy groups -OCH3 is 1. The van der Waals surface area contributed by atoms with Gasteiger partial charge in [0.1, 0.15) is 5.75 Å². The standard InChI is InChI=1S/C15H21N5O2S/c1-15(2,3)13-18-19-14(20(13)16)23-9-12(21)17-10-5-7-11(22-4)8-6-10/h5-8H,9,16H2,1-4H3,(H,17,21). The Hall–Kier alpha value is -2.22. The number of rotatable bonds is 5. The van der Waals surface area contributed by atoms with Gasteiger partial charge in [0.2, 0.25) is 11.1 Å². The van der Waals surface area contributed by atoms with E-state index in [9.17, 15) is 4.79 Å². The van der Waals surface area contributed by atoms with Crippen LogP contribution in [0.4, 0.5) is 5.69 Å². The van der Waals surface area contributed by atoms with E-state index in [4.69, 9.17) is 10.6 Å². The largest absolute Gasteiger partial charge is 0.497 e. The number of anilines is 1. The molecule has 1 aromatic heterocycles. The number of nitrogen functional groups attached to an aromatic ring is 1. The maximum Gasteiger partial charge on any atom is 0.234 e. The first-order valence-corrected chi connectivity index (χ1v) is 8.07. The molecule has 124 valence electrons. The molecule has 0 unspecified atom stereocenters. The van der Waals surface area contributed by atoms with Crippen LogP contribution in [-0.4, -0.2) is 33.6 Å². The van der Waals surface area contributed by atoms with E-state index in [0.717, 1.165) is 5.75 Å². The molecule has 1 aromatic carbocycles. The van der Waals surface area contributed by atoms with Gasteiger partial charge in [-0.25, -0.2) is 4.68 Å². The van der Waals surface area contributed by atoms with Gasteiger partial charge < -0.3 is 15.9 Å². The summed E-state index contributed by atoms with van der Waals surface area (Å²) in [5.41, 5.74) is 0.507. The van der Waals surface area contributed by atoms with E-state index in [1.807, 2.05) is 20.8 Å². The van der Waals surface area contributed by atoms with Crippen LogP contribution >= 0.6 is 11.8 Å². The molecule has 0 saturated carbocycles. The summed E-state index contributed by atoms with van der Waals surface area (Å²) in [4.78, 5) is 12.0. The molecule has 0 radical (unpaired) electrons. The lowest BCUT2D eigenvalue weighted by Gasteiger charge is -2.16. The minimum absolute atomic E-state index is 0.138. The Morgan fingerprint density at radius 2 is 1.96 bits per heavy atom. The van der Waals surface area contributed by atoms with Crippen molar-refractivity contribution in [2.75, 3.05) is 24.0 Å². The lowest BCUT2D eigenvalue weighted by Crippen LogP contribution is -2.24. The summed E-state index contributed by atoms with van der Waals surface area (Å²) < 4.78 is 6.51. The van der Waals surface area contributed by atoms with Crippen molar-refractivity contribution in [3.05, 3.63) is 30.1 Å². The highest BCUT2D eigenvalue weighted by molar-refractivity contribution is 7.99. The van der Waals surface area contributed by atoms with Gasteiger partial charge in [-0.15, -0.1) is 10.2 Å². The first-order valence-electron chi connectivity index (χ1n) is 7.09. The second-order valence-electron chi connectivity index (χ2n) is 5.99. The molecule has 0 aliphatic heterocycles. The molecule has 0 bridgehead atoms. The molecule has 8 heteroatoms. The average molecular weight is 335 g/mol. The molecule has 1 heterocycles. The minimum Gasteiger partial charge on any atom is -0.497 e. The Morgan fingerprint density at radius 1 is 1.30 bits per heavy atom. The van der Waals surface area contributed by atoms with E-state index < -0.39 is 0 Å². The number of aromatic nitrogens is 3. The number of benzene rings is 1. The fourth-order valence-electron chi connectivity index (χ4n) is 1.89. The van der Waals surface area contributed by atoms with E-state index in [0.29, 0.717) is 16.7 Å². The molecule has 2 aromatic rings. The number of nitrogens with one attached hydrogen (secondary N) is 1. The lowest BCUT2D eigenvalue weighted by atomic mass is 9.96. The quantitative estimate of drug-likeness (QED) is 0.641. The zero-order valence-corrected chi connectivity index (χ0v) is 14.5. The van der Waals surface area contributed by atoms with Crippen LogP contribution in [0, 0.1) is 0 Å². The second-order valence-corrected chi connectivity index (χ2v) is 6.93. The molecule has 3 N–H and O–H groups in total. The number of hydrogen-bond donors (Lipinski definition) is 2. The topological polar surface area (TPSA) is 95.1 Å². The van der Waals surface area contributed by atoms with Crippen LogP contribution < -0.4 is 15.9 Å². The van der Waals surface area contributed by atoms with E-state index in [-0.39, 0.29) is 17.1 Å². The smallest absolute Gasteiger partial charge is 0.234 e. The number of amides is 1. The molecule has 2 rings (SSSR count). The lowest BCUT2D eigenvalue weighted by molar-refractivity contribution is -0.113. The van der Waals surface area contributed by atoms with Gasteiger partial charge in [-0.3, -0.25) is 4.79 Å². The third-order valence-electron chi connectivity index (χ3n) is 3.04. The second kappa shape index (κ2) is 6.91. The zero-order chi connectivity index (χ0) is 17.0. The molecular formula is C15H21N5O2S. The highest BCUT2D eigenvalue weighted by Crippen LogP contribution is 2.23. The summed E-state index contributed by atoms with van der Waals surface area (Å²) in [6, 6.07) is 7.14. The molecule has 0 aliphatic rings. The Morgan fingerprint density at radius 3 is 2.48 bits per heavy atom. The maximum absolute atomic E-state index is 12.0. The van der Waals surface area contributed by atoms with Gasteiger partial charge >= 0.3 is 0 Å². The summed E-state index contributed by atoms with van der Waals surface area (Å²) in [6.45, 7) is 6.02. The molecule has 7 nitrogen and oxygen atoms in total. The van der Waals surface area contributed by atoms with Crippen molar-refractivity contribution in [1.29, 1.82) is 0 Å². The van der Waals surface area contributed by atoms with E-state index >= 15 is 0 Å². The van der Waals surface area contributed by atoms with Crippen LogP contribution in [0.3, 0.4) is 0 Å². The molecule has 0 spiro atoms. The van der Waals surface area contributed by atoms with E-state index in [1.54, 1.807) is 31.4 Å². The van der Waals surface area contributed by atoms with Crippen molar-refractivity contribution in [3.63, 3.8) is 0 Å². The highest BCUT2D eigenvalue weighted by Gasteiger charge is 2.23. The Balaban J connectivity index is 1.93. The number of ether oxygens (including phenoxy) is 1. The summed E-state index contributed by atoms with van der Waals surface area (Å²) in [6.07, 6.45) is 0. The number of hydrogen-bond acceptors (Lipinski definition) is 6. The SMILES string of the molecule is COc1ccc(NC(=O)CSc2nnc(C(C)(C)C)n2N)cc1. The molecular weight excluding hydrogens is 314 g/mol. The fourth-order valence-corrected chi connectivity index (χ4v) is 2.54. The van der Waals surface area contributed by atoms with Gasteiger partial charge in [0.15, 0.2) is 5.82 Å². The third kappa shape index (κ3) is 4.38. The molecule has 0 atom stereocenters. The summed E-state index contributed by atoms with van der Waals surface area (Å²) in [5.74, 6) is 7.46. The Bertz CT molecular complexity index is 676. The highest BCUT2D eigenvalue weighted by atomic mass is 32.2. The van der Waals surface area contributed by atoms with Gasteiger partial charge in [0, 0.05) is 11.1 Å². The number of nitrogens with zero attached hydrogens (tertiary/aromatic N) is 3.